The van der Waals surface area contributed by atoms with Crippen molar-refractivity contribution in [3.63, 3.8) is 0 Å². The molecule has 1 fully saturated rings. The molecule has 8 aromatic rings. The molecule has 0 spiro atoms. The number of para-hydroxylation sites is 2. The van der Waals surface area contributed by atoms with Crippen molar-refractivity contribution < 1.29 is 53.0 Å². The molecule has 1 saturated heterocycles. The van der Waals surface area contributed by atoms with Crippen LogP contribution in [0.25, 0.3) is 43.9 Å². The summed E-state index contributed by atoms with van der Waals surface area (Å²) in [5.74, 6) is 0.116. The highest BCUT2D eigenvalue weighted by Crippen LogP contribution is 2.30. The van der Waals surface area contributed by atoms with Gasteiger partial charge in [0.1, 0.15) is 32.8 Å². The predicted octanol–water partition coefficient (Wildman–Crippen LogP) is 10.7. The van der Waals surface area contributed by atoms with Gasteiger partial charge in [-0.05, 0) is 98.5 Å². The number of benzene rings is 4. The Hall–Kier alpha value is -4.51. The predicted molar refractivity (Wildman–Crippen MR) is 290 cm³/mol. The van der Waals surface area contributed by atoms with Crippen molar-refractivity contribution in [1.82, 2.24) is 27.8 Å². The molecule has 14 nitrogen and oxygen atoms in total. The van der Waals surface area contributed by atoms with Gasteiger partial charge in [-0.25, -0.2) is 26.4 Å². The third kappa shape index (κ3) is 17.0. The topological polar surface area (TPSA) is 172 Å². The minimum Gasteiger partial charge on any atom is -0.390 e. The van der Waals surface area contributed by atoms with E-state index in [1.807, 2.05) is 27.3 Å². The van der Waals surface area contributed by atoms with Gasteiger partial charge in [0.05, 0.1) is 56.8 Å². The molecular weight excluding hydrogens is 1140 g/mol. The number of fused-ring (bicyclic) bond motifs is 4. The summed E-state index contributed by atoms with van der Waals surface area (Å²) in [4.78, 5) is 26.7. The van der Waals surface area contributed by atoms with Gasteiger partial charge in [0.2, 0.25) is 0 Å². The first-order chi connectivity index (χ1) is 34.6. The van der Waals surface area contributed by atoms with Gasteiger partial charge in [0.15, 0.2) is 0 Å². The maximum Gasteiger partial charge on any atom is 0.406 e. The maximum atomic E-state index is 13.2. The number of sulfone groups is 2. The highest BCUT2D eigenvalue weighted by Gasteiger charge is 2.32. The average molecular weight is 1190 g/mol. The van der Waals surface area contributed by atoms with Crippen molar-refractivity contribution >= 4 is 120 Å². The minimum atomic E-state index is -4.61. The molecule has 0 aliphatic carbocycles. The largest absolute Gasteiger partial charge is 0.406 e. The van der Waals surface area contributed by atoms with Crippen LogP contribution in [0.1, 0.15) is 37.1 Å². The number of alkyl halides is 6. The number of hydrogen-bond donors (Lipinski definition) is 2. The van der Waals surface area contributed by atoms with E-state index >= 15 is 0 Å². The lowest BCUT2D eigenvalue weighted by Gasteiger charge is -2.12. The van der Waals surface area contributed by atoms with Gasteiger partial charge in [-0.2, -0.15) is 36.2 Å². The molecule has 27 heteroatoms. The molecule has 0 bridgehead atoms. The standard InChI is InChI=1S/C22H20Cl2F3N3O3S.C13H16ClNO3S.C9H6ClF3N2O.C4H8O.H3P/c1-34(32,33)9-3-8-28-16(11-14-10-15(23)6-7-18(14)28)12-29-19-5-2-4-17(24)20(19)30(21(29)31)13-22(25,26)27;1-19(17,18)6-2-5-15-12(9-16)8-10-7-11(14)3-4-13(10)15;10-5-2-1-3-6-7(5)15(8(16)14-6)4-9(11,12)13;1-2-4-5-3-1;/h2,4-7,10-11H,3,8-9,12-13H2,1H3;3-4,7-8,16H,2,5-6,9H2,1H3;1-3H,4H2,(H,14,16);1-4H2;1H3. The maximum absolute atomic E-state index is 13.2. The summed E-state index contributed by atoms with van der Waals surface area (Å²) in [5, 5.41) is 12.4. The van der Waals surface area contributed by atoms with E-state index in [0.717, 1.165) is 47.0 Å². The fourth-order valence-electron chi connectivity index (χ4n) is 8.35. The van der Waals surface area contributed by atoms with Crippen LogP contribution in [0.5, 0.6) is 0 Å². The Morgan fingerprint density at radius 2 is 1.09 bits per heavy atom. The Kier molecular flexibility index (Phi) is 21.1. The third-order valence-electron chi connectivity index (χ3n) is 11.4. The summed E-state index contributed by atoms with van der Waals surface area (Å²) >= 11 is 24.0. The first-order valence-corrected chi connectivity index (χ1v) is 28.2. The molecule has 410 valence electrons. The van der Waals surface area contributed by atoms with E-state index in [1.54, 1.807) is 48.5 Å². The van der Waals surface area contributed by atoms with Crippen LogP contribution in [0.15, 0.2) is 94.5 Å². The van der Waals surface area contributed by atoms with Gasteiger partial charge in [0.25, 0.3) is 0 Å². The number of nitrogens with one attached hydrogen (secondary N) is 1. The normalized spacial score (nSPS) is 13.1. The molecular formula is C48H53Cl4F6N6O8PS2. The van der Waals surface area contributed by atoms with Crippen molar-refractivity contribution in [1.29, 1.82) is 0 Å². The van der Waals surface area contributed by atoms with E-state index in [0.29, 0.717) is 56.3 Å². The number of imidazole rings is 2. The number of aromatic amines is 1. The minimum absolute atomic E-state index is 0. The summed E-state index contributed by atoms with van der Waals surface area (Å²) in [7, 11) is -6.13. The third-order valence-corrected chi connectivity index (χ3v) is 14.5. The van der Waals surface area contributed by atoms with Crippen LogP contribution in [0.3, 0.4) is 0 Å². The fourth-order valence-corrected chi connectivity index (χ4v) is 10.6. The molecule has 5 heterocycles. The van der Waals surface area contributed by atoms with Gasteiger partial charge < -0.3 is 24.0 Å². The molecule has 1 unspecified atom stereocenters. The summed E-state index contributed by atoms with van der Waals surface area (Å²) in [6.07, 6.45) is -3.28. The molecule has 4 aromatic carbocycles. The number of aliphatic hydroxyl groups is 1. The highest BCUT2D eigenvalue weighted by atomic mass is 35.5. The first-order valence-electron chi connectivity index (χ1n) is 22.6. The Morgan fingerprint density at radius 1 is 0.613 bits per heavy atom. The van der Waals surface area contributed by atoms with Gasteiger partial charge in [0, 0.05) is 82.1 Å². The van der Waals surface area contributed by atoms with Crippen LogP contribution < -0.4 is 11.4 Å². The zero-order valence-electron chi connectivity index (χ0n) is 40.3. The summed E-state index contributed by atoms with van der Waals surface area (Å²) in [6, 6.07) is 23.4. The van der Waals surface area contributed by atoms with E-state index in [1.165, 1.54) is 41.9 Å². The number of ether oxygens (including phenoxy) is 1. The van der Waals surface area contributed by atoms with Crippen molar-refractivity contribution in [3.05, 3.63) is 137 Å². The molecule has 0 amide bonds. The second-order valence-corrected chi connectivity index (χ2v) is 23.6. The zero-order valence-corrected chi connectivity index (χ0v) is 46.4. The van der Waals surface area contributed by atoms with Crippen LogP contribution in [-0.2, 0) is 63.7 Å². The van der Waals surface area contributed by atoms with Gasteiger partial charge >= 0.3 is 23.7 Å². The second kappa shape index (κ2) is 25.8. The quantitative estimate of drug-likeness (QED) is 0.0848. The van der Waals surface area contributed by atoms with Gasteiger partial charge in [-0.1, -0.05) is 58.5 Å². The van der Waals surface area contributed by atoms with Crippen molar-refractivity contribution in [2.24, 2.45) is 0 Å². The summed E-state index contributed by atoms with van der Waals surface area (Å²) < 4.78 is 133. The highest BCUT2D eigenvalue weighted by molar-refractivity contribution is 7.90. The monoisotopic (exact) mass is 1190 g/mol. The number of nitrogens with zero attached hydrogens (tertiary/aromatic N) is 5. The van der Waals surface area contributed by atoms with Crippen LogP contribution in [-0.4, -0.2) is 99.3 Å². The lowest BCUT2D eigenvalue weighted by Crippen LogP contribution is -2.30. The van der Waals surface area contributed by atoms with Crippen LogP contribution >= 0.6 is 56.3 Å². The van der Waals surface area contributed by atoms with Crippen LogP contribution in [0.4, 0.5) is 26.3 Å². The molecule has 1 aliphatic rings. The lowest BCUT2D eigenvalue weighted by atomic mass is 10.2. The molecule has 9 rings (SSSR count). The molecule has 1 atom stereocenters. The average Bonchev–Trinajstić information content (AvgIpc) is 4.13. The number of aromatic nitrogens is 6. The van der Waals surface area contributed by atoms with Gasteiger partial charge in [-0.3, -0.25) is 13.7 Å². The smallest absolute Gasteiger partial charge is 0.390 e. The molecule has 1 aliphatic heterocycles. The van der Waals surface area contributed by atoms with Crippen molar-refractivity contribution in [3.8, 4) is 0 Å². The SMILES string of the molecule is C1CCOC1.CS(=O)(=O)CCCn1c(CO)cc2cc(Cl)ccc21.CS(=O)(=O)CCCn1c(Cn2c(=O)n(CC(F)(F)F)c3c(Cl)cccc32)cc2cc(Cl)ccc21.O=c1[nH]c2cccc(Cl)c2n1CC(F)(F)F.P. The number of H-pyrrole nitrogens is 1. The van der Waals surface area contributed by atoms with Crippen molar-refractivity contribution in [2.45, 2.75) is 77.4 Å². The number of hydrogen-bond acceptors (Lipinski definition) is 8. The second-order valence-electron chi connectivity index (χ2n) is 17.4. The Bertz CT molecular complexity index is 3620. The molecule has 0 saturated carbocycles. The van der Waals surface area contributed by atoms with E-state index in [9.17, 15) is 57.9 Å². The lowest BCUT2D eigenvalue weighted by molar-refractivity contribution is -0.141. The number of halogens is 10. The van der Waals surface area contributed by atoms with E-state index in [2.05, 4.69) is 4.98 Å². The molecule has 75 heavy (non-hydrogen) atoms. The summed E-state index contributed by atoms with van der Waals surface area (Å²) in [5.41, 5.74) is 2.12. The Labute approximate surface area is 450 Å². The zero-order chi connectivity index (χ0) is 54.3. The van der Waals surface area contributed by atoms with Crippen LogP contribution in [0, 0.1) is 0 Å². The van der Waals surface area contributed by atoms with Crippen molar-refractivity contribution in [2.75, 3.05) is 37.2 Å². The van der Waals surface area contributed by atoms with E-state index < -0.39 is 56.5 Å². The molecule has 0 radical (unpaired) electrons. The molecule has 2 N–H and O–H groups in total. The first kappa shape index (κ1) is 61.3. The summed E-state index contributed by atoms with van der Waals surface area (Å²) in [6.45, 7) is -0.0310. The fraction of sp³-hybridized carbons (Fsp3) is 0.375. The van der Waals surface area contributed by atoms with E-state index in [-0.39, 0.29) is 61.2 Å². The number of aliphatic hydroxyl groups excluding tert-OH is 1. The van der Waals surface area contributed by atoms with E-state index in [4.69, 9.17) is 51.1 Å². The van der Waals surface area contributed by atoms with Crippen LogP contribution in [0.2, 0.25) is 20.1 Å². The van der Waals surface area contributed by atoms with Gasteiger partial charge in [-0.15, -0.1) is 0 Å². The molecule has 4 aromatic heterocycles. The Balaban J connectivity index is 0.000000213. The number of rotatable bonds is 13. The number of aryl methyl sites for hydroxylation is 2. The Morgan fingerprint density at radius 3 is 1.57 bits per heavy atom.